The van der Waals surface area contributed by atoms with Gasteiger partial charge < -0.3 is 5.32 Å². The Kier molecular flexibility index (Phi) is 5.51. The van der Waals surface area contributed by atoms with Gasteiger partial charge in [-0.05, 0) is 23.8 Å². The van der Waals surface area contributed by atoms with Gasteiger partial charge in [-0.1, -0.05) is 26.8 Å². The topological polar surface area (TPSA) is 35.8 Å². The second kappa shape index (κ2) is 6.67. The molecule has 0 aliphatic heterocycles. The molecule has 1 rings (SSSR count). The summed E-state index contributed by atoms with van der Waals surface area (Å²) in [6.07, 6.45) is 1.59. The van der Waals surface area contributed by atoms with E-state index in [1.807, 2.05) is 0 Å². The lowest BCUT2D eigenvalue weighted by Crippen LogP contribution is -2.34. The van der Waals surface area contributed by atoms with E-state index in [-0.39, 0.29) is 0 Å². The highest BCUT2D eigenvalue weighted by Crippen LogP contribution is 2.26. The van der Waals surface area contributed by atoms with Crippen molar-refractivity contribution in [2.24, 2.45) is 5.92 Å². The van der Waals surface area contributed by atoms with Gasteiger partial charge in [0.25, 0.3) is 0 Å². The number of nitrogens with zero attached hydrogens (tertiary/aromatic N) is 1. The molecule has 0 amide bonds. The molecule has 0 aromatic carbocycles. The smallest absolute Gasteiger partial charge is 0.0638 e. The van der Waals surface area contributed by atoms with Crippen LogP contribution in [0.1, 0.15) is 44.5 Å². The Balaban J connectivity index is 2.69. The Bertz CT molecular complexity index is 324. The van der Waals surface area contributed by atoms with E-state index >= 15 is 0 Å². The molecule has 0 saturated carbocycles. The molecule has 0 aliphatic carbocycles. The van der Waals surface area contributed by atoms with Crippen molar-refractivity contribution in [1.29, 1.82) is 5.26 Å². The van der Waals surface area contributed by atoms with Crippen LogP contribution in [0.2, 0.25) is 0 Å². The van der Waals surface area contributed by atoms with Crippen molar-refractivity contribution in [3.63, 3.8) is 0 Å². The van der Waals surface area contributed by atoms with E-state index in [1.54, 1.807) is 11.3 Å². The maximum absolute atomic E-state index is 8.76. The molecule has 0 radical (unpaired) electrons. The SMILES string of the molecule is CCC(CC#N)NC(c1cccs1)C(C)C. The Hall–Kier alpha value is -0.850. The van der Waals surface area contributed by atoms with Crippen molar-refractivity contribution < 1.29 is 0 Å². The van der Waals surface area contributed by atoms with Gasteiger partial charge in [-0.15, -0.1) is 11.3 Å². The molecule has 1 heterocycles. The molecule has 2 unspecified atom stereocenters. The van der Waals surface area contributed by atoms with Gasteiger partial charge in [0.2, 0.25) is 0 Å². The predicted octanol–water partition coefficient (Wildman–Crippen LogP) is 3.73. The summed E-state index contributed by atoms with van der Waals surface area (Å²) in [5.41, 5.74) is 0. The highest BCUT2D eigenvalue weighted by atomic mass is 32.1. The lowest BCUT2D eigenvalue weighted by atomic mass is 10.0. The first-order valence-electron chi connectivity index (χ1n) is 5.85. The molecule has 1 N–H and O–H groups in total. The maximum Gasteiger partial charge on any atom is 0.0638 e. The largest absolute Gasteiger partial charge is 0.305 e. The minimum atomic E-state index is 0.305. The number of nitriles is 1. The molecule has 0 fully saturated rings. The fraction of sp³-hybridized carbons (Fsp3) is 0.615. The number of hydrogen-bond acceptors (Lipinski definition) is 3. The second-order valence-corrected chi connectivity index (χ2v) is 5.35. The van der Waals surface area contributed by atoms with E-state index in [0.717, 1.165) is 6.42 Å². The summed E-state index contributed by atoms with van der Waals surface area (Å²) in [7, 11) is 0. The number of thiophene rings is 1. The molecule has 0 bridgehead atoms. The molecule has 0 saturated heterocycles. The molecular weight excluding hydrogens is 216 g/mol. The summed E-state index contributed by atoms with van der Waals surface area (Å²) in [6.45, 7) is 6.56. The average Bonchev–Trinajstić information content (AvgIpc) is 2.76. The van der Waals surface area contributed by atoms with E-state index in [1.165, 1.54) is 4.88 Å². The van der Waals surface area contributed by atoms with Crippen molar-refractivity contribution in [2.75, 3.05) is 0 Å². The van der Waals surface area contributed by atoms with Gasteiger partial charge >= 0.3 is 0 Å². The van der Waals surface area contributed by atoms with Crippen molar-refractivity contribution >= 4 is 11.3 Å². The van der Waals surface area contributed by atoms with E-state index in [2.05, 4.69) is 49.7 Å². The summed E-state index contributed by atoms with van der Waals surface area (Å²) >= 11 is 1.78. The predicted molar refractivity (Wildman–Crippen MR) is 69.3 cm³/mol. The van der Waals surface area contributed by atoms with Gasteiger partial charge in [-0.25, -0.2) is 0 Å². The van der Waals surface area contributed by atoms with Crippen LogP contribution in [0.25, 0.3) is 0 Å². The molecule has 0 aliphatic rings. The van der Waals surface area contributed by atoms with Gasteiger partial charge in [-0.3, -0.25) is 0 Å². The van der Waals surface area contributed by atoms with E-state index in [0.29, 0.717) is 24.4 Å². The Labute approximate surface area is 102 Å². The Morgan fingerprint density at radius 3 is 2.69 bits per heavy atom. The zero-order valence-corrected chi connectivity index (χ0v) is 11.1. The third kappa shape index (κ3) is 3.62. The summed E-state index contributed by atoms with van der Waals surface area (Å²) in [5, 5.41) is 14.5. The van der Waals surface area contributed by atoms with Gasteiger partial charge in [0.1, 0.15) is 0 Å². The van der Waals surface area contributed by atoms with Gasteiger partial charge in [0, 0.05) is 17.0 Å². The van der Waals surface area contributed by atoms with Crippen molar-refractivity contribution in [2.45, 2.75) is 45.7 Å². The van der Waals surface area contributed by atoms with E-state index in [9.17, 15) is 0 Å². The Morgan fingerprint density at radius 1 is 1.50 bits per heavy atom. The van der Waals surface area contributed by atoms with Crippen LogP contribution >= 0.6 is 11.3 Å². The maximum atomic E-state index is 8.76. The van der Waals surface area contributed by atoms with Crippen LogP contribution in [0, 0.1) is 17.2 Å². The van der Waals surface area contributed by atoms with Crippen LogP contribution in [-0.4, -0.2) is 6.04 Å². The normalized spacial score (nSPS) is 14.7. The number of rotatable bonds is 6. The fourth-order valence-electron chi connectivity index (χ4n) is 1.76. The van der Waals surface area contributed by atoms with Gasteiger partial charge in [-0.2, -0.15) is 5.26 Å². The molecule has 2 nitrogen and oxygen atoms in total. The summed E-state index contributed by atoms with van der Waals surface area (Å²) in [4.78, 5) is 1.37. The second-order valence-electron chi connectivity index (χ2n) is 4.37. The molecular formula is C13H20N2S. The Morgan fingerprint density at radius 2 is 2.25 bits per heavy atom. The molecule has 0 spiro atoms. The summed E-state index contributed by atoms with van der Waals surface area (Å²) in [5.74, 6) is 0.548. The quantitative estimate of drug-likeness (QED) is 0.817. The molecule has 1 aromatic rings. The standard InChI is InChI=1S/C13H20N2S/c1-4-11(7-8-14)15-13(10(2)3)12-6-5-9-16-12/h5-6,9-11,13,15H,4,7H2,1-3H3. The molecule has 16 heavy (non-hydrogen) atoms. The summed E-state index contributed by atoms with van der Waals surface area (Å²) in [6, 6.07) is 7.18. The lowest BCUT2D eigenvalue weighted by molar-refractivity contribution is 0.358. The minimum Gasteiger partial charge on any atom is -0.305 e. The highest BCUT2D eigenvalue weighted by Gasteiger charge is 2.19. The van der Waals surface area contributed by atoms with Crippen LogP contribution in [0.5, 0.6) is 0 Å². The molecule has 3 heteroatoms. The first-order chi connectivity index (χ1) is 7.69. The molecule has 2 atom stereocenters. The van der Waals surface area contributed by atoms with E-state index in [4.69, 9.17) is 5.26 Å². The monoisotopic (exact) mass is 236 g/mol. The minimum absolute atomic E-state index is 0.305. The average molecular weight is 236 g/mol. The van der Waals surface area contributed by atoms with E-state index < -0.39 is 0 Å². The summed E-state index contributed by atoms with van der Waals surface area (Å²) < 4.78 is 0. The van der Waals surface area contributed by atoms with Crippen LogP contribution in [0.4, 0.5) is 0 Å². The number of nitrogens with one attached hydrogen (secondary N) is 1. The first kappa shape index (κ1) is 13.2. The van der Waals surface area contributed by atoms with Crippen LogP contribution in [0.15, 0.2) is 17.5 Å². The van der Waals surface area contributed by atoms with Crippen molar-refractivity contribution in [3.05, 3.63) is 22.4 Å². The van der Waals surface area contributed by atoms with Crippen molar-refractivity contribution in [1.82, 2.24) is 5.32 Å². The van der Waals surface area contributed by atoms with Crippen molar-refractivity contribution in [3.8, 4) is 6.07 Å². The highest BCUT2D eigenvalue weighted by molar-refractivity contribution is 7.10. The third-order valence-corrected chi connectivity index (χ3v) is 3.72. The zero-order chi connectivity index (χ0) is 12.0. The molecule has 88 valence electrons. The third-order valence-electron chi connectivity index (χ3n) is 2.76. The lowest BCUT2D eigenvalue weighted by Gasteiger charge is -2.26. The number of hydrogen-bond donors (Lipinski definition) is 1. The van der Waals surface area contributed by atoms with Crippen LogP contribution < -0.4 is 5.32 Å². The van der Waals surface area contributed by atoms with Gasteiger partial charge in [0.15, 0.2) is 0 Å². The zero-order valence-electron chi connectivity index (χ0n) is 10.2. The van der Waals surface area contributed by atoms with Crippen LogP contribution in [0.3, 0.4) is 0 Å². The first-order valence-corrected chi connectivity index (χ1v) is 6.73. The van der Waals surface area contributed by atoms with Gasteiger partial charge in [0.05, 0.1) is 12.5 Å². The molecule has 1 aromatic heterocycles. The van der Waals surface area contributed by atoms with Crippen LogP contribution in [-0.2, 0) is 0 Å². The fourth-order valence-corrected chi connectivity index (χ4v) is 2.71.